The predicted molar refractivity (Wildman–Crippen MR) is 48.5 cm³/mol. The highest BCUT2D eigenvalue weighted by atomic mass is 16.5. The van der Waals surface area contributed by atoms with E-state index in [0.29, 0.717) is 6.10 Å². The standard InChI is InChI=1S/C9H21NO/c1-7(2)11-6-9(4,5)8(3)10/h7-8H,6,10H2,1-5H3. The zero-order valence-electron chi connectivity index (χ0n) is 8.35. The highest BCUT2D eigenvalue weighted by molar-refractivity contribution is 4.77. The van der Waals surface area contributed by atoms with E-state index in [-0.39, 0.29) is 11.5 Å². The van der Waals surface area contributed by atoms with Gasteiger partial charge in [0.1, 0.15) is 0 Å². The van der Waals surface area contributed by atoms with Gasteiger partial charge < -0.3 is 10.5 Å². The summed E-state index contributed by atoms with van der Waals surface area (Å²) < 4.78 is 5.49. The van der Waals surface area contributed by atoms with Crippen LogP contribution < -0.4 is 5.73 Å². The van der Waals surface area contributed by atoms with Gasteiger partial charge in [0, 0.05) is 11.5 Å². The van der Waals surface area contributed by atoms with Crippen LogP contribution >= 0.6 is 0 Å². The topological polar surface area (TPSA) is 35.2 Å². The first-order valence-corrected chi connectivity index (χ1v) is 4.23. The maximum absolute atomic E-state index is 5.78. The van der Waals surface area contributed by atoms with Crippen LogP contribution in [0.5, 0.6) is 0 Å². The molecule has 0 heterocycles. The first-order chi connectivity index (χ1) is 4.86. The van der Waals surface area contributed by atoms with Crippen molar-refractivity contribution in [3.63, 3.8) is 0 Å². The van der Waals surface area contributed by atoms with Crippen LogP contribution in [0.25, 0.3) is 0 Å². The molecule has 2 heteroatoms. The van der Waals surface area contributed by atoms with Gasteiger partial charge in [-0.05, 0) is 20.8 Å². The van der Waals surface area contributed by atoms with Crippen LogP contribution in [0.3, 0.4) is 0 Å². The van der Waals surface area contributed by atoms with E-state index in [1.54, 1.807) is 0 Å². The van der Waals surface area contributed by atoms with Gasteiger partial charge in [0.15, 0.2) is 0 Å². The van der Waals surface area contributed by atoms with Crippen LogP contribution in [0.2, 0.25) is 0 Å². The largest absolute Gasteiger partial charge is 0.378 e. The van der Waals surface area contributed by atoms with Gasteiger partial charge >= 0.3 is 0 Å². The molecule has 1 atom stereocenters. The molecular weight excluding hydrogens is 138 g/mol. The fraction of sp³-hybridized carbons (Fsp3) is 1.00. The summed E-state index contributed by atoms with van der Waals surface area (Å²) in [6.45, 7) is 11.1. The maximum atomic E-state index is 5.78. The Labute approximate surface area is 70.1 Å². The van der Waals surface area contributed by atoms with Crippen molar-refractivity contribution in [1.29, 1.82) is 0 Å². The second-order valence-corrected chi connectivity index (χ2v) is 4.14. The summed E-state index contributed by atoms with van der Waals surface area (Å²) in [7, 11) is 0. The van der Waals surface area contributed by atoms with Crippen LogP contribution in [0.1, 0.15) is 34.6 Å². The van der Waals surface area contributed by atoms with Crippen LogP contribution in [0.4, 0.5) is 0 Å². The summed E-state index contributed by atoms with van der Waals surface area (Å²) in [5.41, 5.74) is 5.86. The lowest BCUT2D eigenvalue weighted by Gasteiger charge is -2.29. The molecule has 11 heavy (non-hydrogen) atoms. The molecule has 1 unspecified atom stereocenters. The molecule has 0 fully saturated rings. The Morgan fingerprint density at radius 3 is 2.00 bits per heavy atom. The quantitative estimate of drug-likeness (QED) is 0.678. The molecule has 0 rings (SSSR count). The normalized spacial score (nSPS) is 15.5. The van der Waals surface area contributed by atoms with Crippen molar-refractivity contribution in [2.75, 3.05) is 6.61 Å². The van der Waals surface area contributed by atoms with Crippen molar-refractivity contribution < 1.29 is 4.74 Å². The van der Waals surface area contributed by atoms with Crippen LogP contribution in [-0.2, 0) is 4.74 Å². The van der Waals surface area contributed by atoms with Gasteiger partial charge in [0.25, 0.3) is 0 Å². The van der Waals surface area contributed by atoms with E-state index < -0.39 is 0 Å². The molecule has 0 spiro atoms. The molecule has 0 aliphatic heterocycles. The van der Waals surface area contributed by atoms with Crippen LogP contribution in [0, 0.1) is 5.41 Å². The van der Waals surface area contributed by atoms with E-state index in [1.165, 1.54) is 0 Å². The third-order valence-corrected chi connectivity index (χ3v) is 2.02. The molecule has 0 saturated carbocycles. The van der Waals surface area contributed by atoms with Crippen LogP contribution in [-0.4, -0.2) is 18.8 Å². The zero-order valence-corrected chi connectivity index (χ0v) is 8.35. The Hall–Kier alpha value is -0.0800. The van der Waals surface area contributed by atoms with Crippen molar-refractivity contribution in [2.24, 2.45) is 11.1 Å². The average molecular weight is 159 g/mol. The number of hydrogen-bond acceptors (Lipinski definition) is 2. The molecule has 0 amide bonds. The SMILES string of the molecule is CC(C)OCC(C)(C)C(C)N. The lowest BCUT2D eigenvalue weighted by molar-refractivity contribution is 0.0136. The number of ether oxygens (including phenoxy) is 1. The molecule has 0 bridgehead atoms. The van der Waals surface area contributed by atoms with Gasteiger partial charge in [-0.15, -0.1) is 0 Å². The monoisotopic (exact) mass is 159 g/mol. The van der Waals surface area contributed by atoms with Gasteiger partial charge in [0.05, 0.1) is 12.7 Å². The number of hydrogen-bond donors (Lipinski definition) is 1. The minimum atomic E-state index is 0.0876. The lowest BCUT2D eigenvalue weighted by Crippen LogP contribution is -2.38. The summed E-state index contributed by atoms with van der Waals surface area (Å²) in [6.07, 6.45) is 0.299. The van der Waals surface area contributed by atoms with Crippen molar-refractivity contribution in [1.82, 2.24) is 0 Å². The second kappa shape index (κ2) is 4.07. The van der Waals surface area contributed by atoms with E-state index >= 15 is 0 Å². The average Bonchev–Trinajstić information content (AvgIpc) is 1.84. The first-order valence-electron chi connectivity index (χ1n) is 4.23. The van der Waals surface area contributed by atoms with Gasteiger partial charge in [-0.25, -0.2) is 0 Å². The van der Waals surface area contributed by atoms with E-state index in [4.69, 9.17) is 10.5 Å². The molecule has 68 valence electrons. The molecule has 0 aliphatic rings. The summed E-state index contributed by atoms with van der Waals surface area (Å²) >= 11 is 0. The van der Waals surface area contributed by atoms with E-state index in [9.17, 15) is 0 Å². The van der Waals surface area contributed by atoms with Crippen LogP contribution in [0.15, 0.2) is 0 Å². The summed E-state index contributed by atoms with van der Waals surface area (Å²) in [6, 6.07) is 0.182. The van der Waals surface area contributed by atoms with Gasteiger partial charge in [0.2, 0.25) is 0 Å². The molecule has 2 nitrogen and oxygen atoms in total. The lowest BCUT2D eigenvalue weighted by atomic mass is 9.87. The smallest absolute Gasteiger partial charge is 0.0535 e. The van der Waals surface area contributed by atoms with Crippen molar-refractivity contribution in [3.05, 3.63) is 0 Å². The Kier molecular flexibility index (Phi) is 4.04. The van der Waals surface area contributed by atoms with E-state index in [0.717, 1.165) is 6.61 Å². The summed E-state index contributed by atoms with van der Waals surface area (Å²) in [4.78, 5) is 0. The first kappa shape index (κ1) is 10.9. The van der Waals surface area contributed by atoms with Crippen molar-refractivity contribution >= 4 is 0 Å². The number of nitrogens with two attached hydrogens (primary N) is 1. The van der Waals surface area contributed by atoms with Crippen molar-refractivity contribution in [2.45, 2.75) is 46.8 Å². The second-order valence-electron chi connectivity index (χ2n) is 4.14. The summed E-state index contributed by atoms with van der Waals surface area (Å²) in [5, 5.41) is 0. The Morgan fingerprint density at radius 1 is 1.27 bits per heavy atom. The summed E-state index contributed by atoms with van der Waals surface area (Å²) in [5.74, 6) is 0. The zero-order chi connectivity index (χ0) is 9.07. The fourth-order valence-electron chi connectivity index (χ4n) is 0.513. The Bertz CT molecular complexity index is 108. The molecule has 2 N–H and O–H groups in total. The maximum Gasteiger partial charge on any atom is 0.0535 e. The predicted octanol–water partition coefficient (Wildman–Crippen LogP) is 1.78. The minimum absolute atomic E-state index is 0.0876. The molecular formula is C9H21NO. The molecule has 0 radical (unpaired) electrons. The minimum Gasteiger partial charge on any atom is -0.378 e. The Morgan fingerprint density at radius 2 is 1.73 bits per heavy atom. The molecule has 0 saturated heterocycles. The van der Waals surface area contributed by atoms with Gasteiger partial charge in [-0.1, -0.05) is 13.8 Å². The highest BCUT2D eigenvalue weighted by Gasteiger charge is 2.23. The molecule has 0 aliphatic carbocycles. The Balaban J connectivity index is 3.73. The third kappa shape index (κ3) is 4.38. The van der Waals surface area contributed by atoms with E-state index in [2.05, 4.69) is 13.8 Å². The van der Waals surface area contributed by atoms with Crippen molar-refractivity contribution in [3.8, 4) is 0 Å². The molecule has 0 aromatic rings. The molecule has 0 aromatic carbocycles. The molecule has 0 aromatic heterocycles. The third-order valence-electron chi connectivity index (χ3n) is 2.02. The highest BCUT2D eigenvalue weighted by Crippen LogP contribution is 2.19. The number of rotatable bonds is 4. The van der Waals surface area contributed by atoms with Gasteiger partial charge in [-0.2, -0.15) is 0 Å². The van der Waals surface area contributed by atoms with Gasteiger partial charge in [-0.3, -0.25) is 0 Å². The van der Waals surface area contributed by atoms with E-state index in [1.807, 2.05) is 20.8 Å². The fourth-order valence-corrected chi connectivity index (χ4v) is 0.513.